The van der Waals surface area contributed by atoms with Gasteiger partial charge < -0.3 is 14.9 Å². The van der Waals surface area contributed by atoms with Crippen molar-refractivity contribution >= 4 is 16.5 Å². The molecule has 0 spiro atoms. The van der Waals surface area contributed by atoms with Crippen LogP contribution in [-0.4, -0.2) is 48.7 Å². The zero-order chi connectivity index (χ0) is 15.3. The maximum Gasteiger partial charge on any atom is 0.185 e. The Balaban J connectivity index is 2.85. The largest absolute Gasteiger partial charge is 0.391 e. The number of thiazole rings is 1. The van der Waals surface area contributed by atoms with Crippen LogP contribution in [0.4, 0.5) is 5.13 Å². The molecule has 0 aromatic carbocycles. The minimum absolute atomic E-state index is 0.0180. The van der Waals surface area contributed by atoms with Crippen LogP contribution in [0.5, 0.6) is 0 Å². The van der Waals surface area contributed by atoms with E-state index in [1.54, 1.807) is 11.3 Å². The Bertz CT molecular complexity index is 410. The van der Waals surface area contributed by atoms with Gasteiger partial charge in [-0.1, -0.05) is 32.1 Å². The first-order chi connectivity index (χ1) is 9.29. The van der Waals surface area contributed by atoms with Gasteiger partial charge >= 0.3 is 0 Å². The molecular formula is C15H29N3OS. The molecule has 4 nitrogen and oxygen atoms in total. The van der Waals surface area contributed by atoms with Crippen molar-refractivity contribution in [1.82, 2.24) is 9.88 Å². The van der Waals surface area contributed by atoms with Gasteiger partial charge in [0.05, 0.1) is 17.2 Å². The molecule has 1 rings (SSSR count). The molecule has 0 aliphatic heterocycles. The second-order valence-electron chi connectivity index (χ2n) is 6.41. The molecule has 0 saturated carbocycles. The number of aromatic nitrogens is 1. The Labute approximate surface area is 127 Å². The van der Waals surface area contributed by atoms with Crippen molar-refractivity contribution in [3.8, 4) is 0 Å². The lowest BCUT2D eigenvalue weighted by atomic mass is 9.91. The summed E-state index contributed by atoms with van der Waals surface area (Å²) in [5.74, 6) is 0. The fourth-order valence-electron chi connectivity index (χ4n) is 2.13. The van der Waals surface area contributed by atoms with E-state index in [4.69, 9.17) is 4.98 Å². The smallest absolute Gasteiger partial charge is 0.185 e. The number of rotatable bonds is 7. The molecule has 1 N–H and O–H groups in total. The SMILES string of the molecule is CCN(CCCN(C)C)c1nc(C(C)(C)C)c(CO)s1. The van der Waals surface area contributed by atoms with Crippen molar-refractivity contribution in [2.45, 2.75) is 46.1 Å². The Morgan fingerprint density at radius 1 is 1.20 bits per heavy atom. The maximum absolute atomic E-state index is 9.54. The molecule has 0 amide bonds. The van der Waals surface area contributed by atoms with Crippen molar-refractivity contribution in [2.24, 2.45) is 0 Å². The summed E-state index contributed by atoms with van der Waals surface area (Å²) in [6, 6.07) is 0. The first kappa shape index (κ1) is 17.4. The minimum atomic E-state index is -0.0180. The van der Waals surface area contributed by atoms with Gasteiger partial charge in [0, 0.05) is 18.5 Å². The van der Waals surface area contributed by atoms with Crippen LogP contribution >= 0.6 is 11.3 Å². The van der Waals surface area contributed by atoms with E-state index in [0.29, 0.717) is 0 Å². The molecule has 1 heterocycles. The van der Waals surface area contributed by atoms with E-state index in [1.807, 2.05) is 0 Å². The number of aliphatic hydroxyl groups excluding tert-OH is 1. The van der Waals surface area contributed by atoms with Gasteiger partial charge in [0.2, 0.25) is 0 Å². The van der Waals surface area contributed by atoms with Crippen molar-refractivity contribution in [3.05, 3.63) is 10.6 Å². The summed E-state index contributed by atoms with van der Waals surface area (Å²) in [6.45, 7) is 11.7. The van der Waals surface area contributed by atoms with Crippen LogP contribution in [0.3, 0.4) is 0 Å². The van der Waals surface area contributed by atoms with Crippen LogP contribution in [0.15, 0.2) is 0 Å². The number of nitrogens with zero attached hydrogens (tertiary/aromatic N) is 3. The van der Waals surface area contributed by atoms with Crippen LogP contribution in [0.2, 0.25) is 0 Å². The Hall–Kier alpha value is -0.650. The highest BCUT2D eigenvalue weighted by atomic mass is 32.1. The van der Waals surface area contributed by atoms with Gasteiger partial charge in [-0.25, -0.2) is 4.98 Å². The third-order valence-corrected chi connectivity index (χ3v) is 4.33. The molecule has 20 heavy (non-hydrogen) atoms. The average molecular weight is 299 g/mol. The van der Waals surface area contributed by atoms with Gasteiger partial charge in [-0.3, -0.25) is 0 Å². The summed E-state index contributed by atoms with van der Waals surface area (Å²) in [4.78, 5) is 10.3. The summed E-state index contributed by atoms with van der Waals surface area (Å²) in [7, 11) is 4.20. The van der Waals surface area contributed by atoms with Gasteiger partial charge in [0.1, 0.15) is 0 Å². The van der Waals surface area contributed by atoms with Crippen LogP contribution in [-0.2, 0) is 12.0 Å². The van der Waals surface area contributed by atoms with E-state index >= 15 is 0 Å². The molecule has 0 atom stereocenters. The van der Waals surface area contributed by atoms with Crippen molar-refractivity contribution in [2.75, 3.05) is 38.6 Å². The average Bonchev–Trinajstić information content (AvgIpc) is 2.78. The summed E-state index contributed by atoms with van der Waals surface area (Å²) in [6.07, 6.45) is 1.12. The van der Waals surface area contributed by atoms with E-state index in [2.05, 4.69) is 51.6 Å². The zero-order valence-corrected chi connectivity index (χ0v) is 14.5. The number of anilines is 1. The summed E-state index contributed by atoms with van der Waals surface area (Å²) in [5, 5.41) is 10.6. The van der Waals surface area contributed by atoms with Crippen LogP contribution < -0.4 is 4.90 Å². The quantitative estimate of drug-likeness (QED) is 0.840. The highest BCUT2D eigenvalue weighted by Gasteiger charge is 2.24. The zero-order valence-electron chi connectivity index (χ0n) is 13.7. The topological polar surface area (TPSA) is 39.6 Å². The highest BCUT2D eigenvalue weighted by Crippen LogP contribution is 2.33. The van der Waals surface area contributed by atoms with Gasteiger partial charge in [0.25, 0.3) is 0 Å². The van der Waals surface area contributed by atoms with Gasteiger partial charge in [-0.15, -0.1) is 0 Å². The molecule has 116 valence electrons. The van der Waals surface area contributed by atoms with E-state index in [1.165, 1.54) is 0 Å². The van der Waals surface area contributed by atoms with Gasteiger partial charge in [-0.2, -0.15) is 0 Å². The predicted octanol–water partition coefficient (Wildman–Crippen LogP) is 2.71. The highest BCUT2D eigenvalue weighted by molar-refractivity contribution is 7.15. The summed E-state index contributed by atoms with van der Waals surface area (Å²) in [5.41, 5.74) is 1.02. The predicted molar refractivity (Wildman–Crippen MR) is 87.8 cm³/mol. The van der Waals surface area contributed by atoms with Crippen molar-refractivity contribution < 1.29 is 5.11 Å². The summed E-state index contributed by atoms with van der Waals surface area (Å²) >= 11 is 1.63. The molecule has 0 saturated heterocycles. The lowest BCUT2D eigenvalue weighted by molar-refractivity contribution is 0.282. The molecule has 0 unspecified atom stereocenters. The monoisotopic (exact) mass is 299 g/mol. The minimum Gasteiger partial charge on any atom is -0.391 e. The summed E-state index contributed by atoms with van der Waals surface area (Å²) < 4.78 is 0. The number of aliphatic hydroxyl groups is 1. The number of hydrogen-bond acceptors (Lipinski definition) is 5. The van der Waals surface area contributed by atoms with Crippen LogP contribution in [0.1, 0.15) is 44.7 Å². The second-order valence-corrected chi connectivity index (χ2v) is 7.47. The number of hydrogen-bond donors (Lipinski definition) is 1. The fraction of sp³-hybridized carbons (Fsp3) is 0.800. The van der Waals surface area contributed by atoms with E-state index in [-0.39, 0.29) is 12.0 Å². The molecule has 0 radical (unpaired) electrons. The second kappa shape index (κ2) is 7.38. The van der Waals surface area contributed by atoms with E-state index in [0.717, 1.165) is 41.8 Å². The van der Waals surface area contributed by atoms with Crippen LogP contribution in [0.25, 0.3) is 0 Å². The third kappa shape index (κ3) is 4.72. The molecule has 0 aliphatic rings. The lowest BCUT2D eigenvalue weighted by Gasteiger charge is -2.21. The van der Waals surface area contributed by atoms with E-state index in [9.17, 15) is 5.11 Å². The van der Waals surface area contributed by atoms with Crippen molar-refractivity contribution in [1.29, 1.82) is 0 Å². The molecule has 0 aliphatic carbocycles. The maximum atomic E-state index is 9.54. The molecule has 1 aromatic heterocycles. The first-order valence-corrected chi connectivity index (χ1v) is 8.12. The fourth-order valence-corrected chi connectivity index (χ4v) is 3.35. The van der Waals surface area contributed by atoms with Gasteiger partial charge in [-0.05, 0) is 34.0 Å². The first-order valence-electron chi connectivity index (χ1n) is 7.30. The standard InChI is InChI=1S/C15H29N3OS/c1-7-18(10-8-9-17(5)6)14-16-13(15(2,3)4)12(11-19)20-14/h19H,7-11H2,1-6H3. The Kier molecular flexibility index (Phi) is 6.43. The van der Waals surface area contributed by atoms with Crippen LogP contribution in [0, 0.1) is 0 Å². The Morgan fingerprint density at radius 3 is 2.25 bits per heavy atom. The molecule has 1 aromatic rings. The van der Waals surface area contributed by atoms with Crippen molar-refractivity contribution in [3.63, 3.8) is 0 Å². The molecule has 0 bridgehead atoms. The molecular weight excluding hydrogens is 270 g/mol. The molecule has 5 heteroatoms. The van der Waals surface area contributed by atoms with Gasteiger partial charge in [0.15, 0.2) is 5.13 Å². The Morgan fingerprint density at radius 2 is 1.85 bits per heavy atom. The molecule has 0 fully saturated rings. The third-order valence-electron chi connectivity index (χ3n) is 3.23. The lowest BCUT2D eigenvalue weighted by Crippen LogP contribution is -2.27. The normalized spacial score (nSPS) is 12.2. The van der Waals surface area contributed by atoms with E-state index < -0.39 is 0 Å².